The monoisotopic (exact) mass is 359 g/mol. The van der Waals surface area contributed by atoms with E-state index in [1.807, 2.05) is 48.3 Å². The number of pyridine rings is 1. The van der Waals surface area contributed by atoms with E-state index in [-0.39, 0.29) is 5.56 Å². The van der Waals surface area contributed by atoms with Gasteiger partial charge in [-0.1, -0.05) is 42.5 Å². The Balaban J connectivity index is 1.81. The number of hydrogen-bond acceptors (Lipinski definition) is 3. The van der Waals surface area contributed by atoms with Crippen molar-refractivity contribution in [1.82, 2.24) is 14.3 Å². The number of rotatable bonds is 5. The van der Waals surface area contributed by atoms with Crippen molar-refractivity contribution in [2.24, 2.45) is 7.05 Å². The lowest BCUT2D eigenvalue weighted by Gasteiger charge is -2.12. The zero-order valence-electron chi connectivity index (χ0n) is 15.4. The van der Waals surface area contributed by atoms with E-state index in [1.54, 1.807) is 17.7 Å². The van der Waals surface area contributed by atoms with Crippen molar-refractivity contribution in [3.05, 3.63) is 82.9 Å². The van der Waals surface area contributed by atoms with Crippen LogP contribution in [0.25, 0.3) is 22.0 Å². The molecule has 2 heterocycles. The second-order valence-electron chi connectivity index (χ2n) is 6.49. The van der Waals surface area contributed by atoms with Crippen molar-refractivity contribution in [1.29, 1.82) is 0 Å². The predicted molar refractivity (Wildman–Crippen MR) is 107 cm³/mol. The van der Waals surface area contributed by atoms with Crippen LogP contribution < -0.4 is 10.3 Å². The highest BCUT2D eigenvalue weighted by molar-refractivity contribution is 5.85. The van der Waals surface area contributed by atoms with E-state index < -0.39 is 0 Å². The Morgan fingerprint density at radius 3 is 2.67 bits per heavy atom. The van der Waals surface area contributed by atoms with Gasteiger partial charge in [-0.25, -0.2) is 0 Å². The van der Waals surface area contributed by atoms with Gasteiger partial charge in [0.2, 0.25) is 0 Å². The Bertz CT molecular complexity index is 1140. The number of nitrogens with zero attached hydrogens (tertiary/aromatic N) is 3. The first-order valence-electron chi connectivity index (χ1n) is 8.99. The molecule has 0 aliphatic rings. The number of aryl methyl sites for hydroxylation is 1. The normalized spacial score (nSPS) is 11.0. The maximum atomic E-state index is 12.0. The third-order valence-corrected chi connectivity index (χ3v) is 4.62. The zero-order chi connectivity index (χ0) is 18.8. The number of ether oxygens (including phenoxy) is 1. The van der Waals surface area contributed by atoms with Crippen LogP contribution in [0.2, 0.25) is 0 Å². The second-order valence-corrected chi connectivity index (χ2v) is 6.49. The van der Waals surface area contributed by atoms with Gasteiger partial charge in [0.1, 0.15) is 5.75 Å². The van der Waals surface area contributed by atoms with Gasteiger partial charge in [-0.15, -0.1) is 0 Å². The van der Waals surface area contributed by atoms with Crippen LogP contribution in [0.15, 0.2) is 71.8 Å². The molecule has 0 radical (unpaired) electrons. The molecule has 2 aromatic carbocycles. The number of fused-ring (bicyclic) bond motifs is 1. The van der Waals surface area contributed by atoms with Gasteiger partial charge >= 0.3 is 0 Å². The van der Waals surface area contributed by atoms with Gasteiger partial charge in [0.25, 0.3) is 5.56 Å². The highest BCUT2D eigenvalue weighted by Crippen LogP contribution is 2.31. The molecule has 0 bridgehead atoms. The van der Waals surface area contributed by atoms with Gasteiger partial charge in [-0.05, 0) is 24.1 Å². The number of hydrogen-bond donors (Lipinski definition) is 0. The maximum absolute atomic E-state index is 12.0. The molecule has 136 valence electrons. The molecule has 0 saturated carbocycles. The summed E-state index contributed by atoms with van der Waals surface area (Å²) < 4.78 is 9.28. The summed E-state index contributed by atoms with van der Waals surface area (Å²) in [6, 6.07) is 18.0. The van der Waals surface area contributed by atoms with E-state index in [0.29, 0.717) is 18.9 Å². The van der Waals surface area contributed by atoms with Gasteiger partial charge in [0.15, 0.2) is 0 Å². The number of benzene rings is 2. The zero-order valence-corrected chi connectivity index (χ0v) is 15.4. The van der Waals surface area contributed by atoms with Crippen molar-refractivity contribution in [2.45, 2.75) is 13.5 Å². The first-order chi connectivity index (χ1) is 13.2. The van der Waals surface area contributed by atoms with Crippen LogP contribution in [0.4, 0.5) is 0 Å². The first kappa shape index (κ1) is 17.1. The molecule has 4 aromatic rings. The molecule has 5 heteroatoms. The summed E-state index contributed by atoms with van der Waals surface area (Å²) in [7, 11) is 1.75. The quantitative estimate of drug-likeness (QED) is 0.544. The Morgan fingerprint density at radius 1 is 1.07 bits per heavy atom. The second kappa shape index (κ2) is 7.11. The molecule has 0 atom stereocenters. The average molecular weight is 359 g/mol. The van der Waals surface area contributed by atoms with Crippen molar-refractivity contribution < 1.29 is 4.74 Å². The molecule has 27 heavy (non-hydrogen) atoms. The van der Waals surface area contributed by atoms with E-state index in [1.165, 1.54) is 5.56 Å². The Morgan fingerprint density at radius 2 is 1.89 bits per heavy atom. The van der Waals surface area contributed by atoms with E-state index in [9.17, 15) is 4.79 Å². The molecule has 5 nitrogen and oxygen atoms in total. The van der Waals surface area contributed by atoms with Gasteiger partial charge in [0.05, 0.1) is 24.9 Å². The summed E-state index contributed by atoms with van der Waals surface area (Å²) in [6.07, 6.45) is 3.71. The van der Waals surface area contributed by atoms with Crippen molar-refractivity contribution in [2.75, 3.05) is 6.61 Å². The third-order valence-electron chi connectivity index (χ3n) is 4.62. The highest BCUT2D eigenvalue weighted by atomic mass is 16.5. The molecule has 0 unspecified atom stereocenters. The molecular weight excluding hydrogens is 338 g/mol. The Labute approximate surface area is 157 Å². The third kappa shape index (κ3) is 3.36. The molecule has 2 aromatic heterocycles. The fraction of sp³-hybridized carbons (Fsp3) is 0.182. The molecule has 0 fully saturated rings. The lowest BCUT2D eigenvalue weighted by Crippen LogP contribution is -2.16. The predicted octanol–water partition coefficient (Wildman–Crippen LogP) is 3.85. The average Bonchev–Trinajstić information content (AvgIpc) is 3.08. The van der Waals surface area contributed by atoms with Crippen LogP contribution in [0.1, 0.15) is 12.5 Å². The van der Waals surface area contributed by atoms with Crippen molar-refractivity contribution >= 4 is 10.9 Å². The SMILES string of the molecule is CCOc1cc(=O)n(C)cc1-c1ccc2cnn(Cc3ccccc3)c2c1. The smallest absolute Gasteiger partial charge is 0.254 e. The molecule has 4 rings (SSSR count). The summed E-state index contributed by atoms with van der Waals surface area (Å²) in [4.78, 5) is 12.0. The molecular formula is C22H21N3O2. The minimum Gasteiger partial charge on any atom is -0.493 e. The molecule has 0 spiro atoms. The van der Waals surface area contributed by atoms with Gasteiger partial charge in [-0.3, -0.25) is 9.48 Å². The van der Waals surface area contributed by atoms with Crippen LogP contribution >= 0.6 is 0 Å². The summed E-state index contributed by atoms with van der Waals surface area (Å²) in [6.45, 7) is 3.13. The lowest BCUT2D eigenvalue weighted by atomic mass is 10.0. The largest absolute Gasteiger partial charge is 0.493 e. The van der Waals surface area contributed by atoms with Crippen LogP contribution in [0.5, 0.6) is 5.75 Å². The van der Waals surface area contributed by atoms with Crippen LogP contribution in [-0.2, 0) is 13.6 Å². The van der Waals surface area contributed by atoms with Crippen LogP contribution in [-0.4, -0.2) is 21.0 Å². The van der Waals surface area contributed by atoms with Gasteiger partial charge in [0, 0.05) is 30.3 Å². The molecule has 0 amide bonds. The Hall–Kier alpha value is -3.34. The molecule has 0 saturated heterocycles. The maximum Gasteiger partial charge on any atom is 0.254 e. The summed E-state index contributed by atoms with van der Waals surface area (Å²) >= 11 is 0. The molecule has 0 aliphatic carbocycles. The van der Waals surface area contributed by atoms with E-state index in [0.717, 1.165) is 22.0 Å². The molecule has 0 aliphatic heterocycles. The topological polar surface area (TPSA) is 49.1 Å². The van der Waals surface area contributed by atoms with E-state index in [2.05, 4.69) is 29.4 Å². The summed E-state index contributed by atoms with van der Waals surface area (Å²) in [5.74, 6) is 0.606. The summed E-state index contributed by atoms with van der Waals surface area (Å²) in [5, 5.41) is 5.63. The van der Waals surface area contributed by atoms with E-state index >= 15 is 0 Å². The van der Waals surface area contributed by atoms with Gasteiger partial charge in [-0.2, -0.15) is 5.10 Å². The van der Waals surface area contributed by atoms with Crippen molar-refractivity contribution in [3.8, 4) is 16.9 Å². The first-order valence-corrected chi connectivity index (χ1v) is 8.99. The van der Waals surface area contributed by atoms with Crippen LogP contribution in [0, 0.1) is 0 Å². The lowest BCUT2D eigenvalue weighted by molar-refractivity contribution is 0.340. The molecule has 0 N–H and O–H groups in total. The minimum atomic E-state index is -0.0857. The standard InChI is InChI=1S/C22H21N3O2/c1-3-27-21-12-22(26)24(2)15-19(21)17-9-10-18-13-23-25(20(18)11-17)14-16-7-5-4-6-8-16/h4-13,15H,3,14H2,1-2H3. The van der Waals surface area contributed by atoms with Crippen LogP contribution in [0.3, 0.4) is 0 Å². The highest BCUT2D eigenvalue weighted by Gasteiger charge is 2.12. The fourth-order valence-electron chi connectivity index (χ4n) is 3.22. The Kier molecular flexibility index (Phi) is 4.50. The summed E-state index contributed by atoms with van der Waals surface area (Å²) in [5.41, 5.74) is 4.06. The van der Waals surface area contributed by atoms with Crippen molar-refractivity contribution in [3.63, 3.8) is 0 Å². The van der Waals surface area contributed by atoms with E-state index in [4.69, 9.17) is 4.74 Å². The van der Waals surface area contributed by atoms with Gasteiger partial charge < -0.3 is 9.30 Å². The number of aromatic nitrogens is 3. The minimum absolute atomic E-state index is 0.0857. The fourth-order valence-corrected chi connectivity index (χ4v) is 3.22.